The van der Waals surface area contributed by atoms with Crippen LogP contribution in [0, 0.1) is 0 Å². The van der Waals surface area contributed by atoms with E-state index >= 15 is 0 Å². The molecule has 0 saturated carbocycles. The molecule has 0 atom stereocenters. The van der Waals surface area contributed by atoms with Gasteiger partial charge in [-0.1, -0.05) is 12.1 Å². The quantitative estimate of drug-likeness (QED) is 0.856. The summed E-state index contributed by atoms with van der Waals surface area (Å²) >= 11 is 0. The average Bonchev–Trinajstić information content (AvgIpc) is 2.65. The molecule has 0 unspecified atom stereocenters. The monoisotopic (exact) mass is 389 g/mol. The number of ether oxygens (including phenoxy) is 1. The number of rotatable bonds is 4. The van der Waals surface area contributed by atoms with Gasteiger partial charge in [-0.05, 0) is 30.3 Å². The molecular weight excluding hydrogens is 370 g/mol. The Hall–Kier alpha value is -2.91. The average molecular weight is 389 g/mol. The molecule has 2 aromatic rings. The topological polar surface area (TPSA) is 96.0 Å². The van der Waals surface area contributed by atoms with E-state index in [1.165, 1.54) is 43.3 Å². The molecule has 1 heterocycles. The van der Waals surface area contributed by atoms with Crippen LogP contribution in [0.4, 0.5) is 11.4 Å². The van der Waals surface area contributed by atoms with Crippen molar-refractivity contribution >= 4 is 33.2 Å². The first-order valence-electron chi connectivity index (χ1n) is 8.08. The number of hydrogen-bond donors (Lipinski definition) is 1. The molecule has 0 radical (unpaired) electrons. The fraction of sp³-hybridized carbons (Fsp3) is 0.222. The molecule has 1 aliphatic rings. The third-order valence-corrected chi connectivity index (χ3v) is 6.00. The molecule has 0 aliphatic carbocycles. The minimum Gasteiger partial charge on any atom is -0.479 e. The zero-order valence-corrected chi connectivity index (χ0v) is 15.9. The van der Waals surface area contributed by atoms with Crippen LogP contribution >= 0.6 is 0 Å². The smallest absolute Gasteiger partial charge is 0.264 e. The molecule has 2 aromatic carbocycles. The number of sulfonamides is 1. The lowest BCUT2D eigenvalue weighted by Gasteiger charge is -2.27. The summed E-state index contributed by atoms with van der Waals surface area (Å²) in [6, 6.07) is 10.8. The number of benzene rings is 2. The zero-order chi connectivity index (χ0) is 19.8. The summed E-state index contributed by atoms with van der Waals surface area (Å²) in [4.78, 5) is 25.9. The van der Waals surface area contributed by atoms with E-state index in [2.05, 4.69) is 5.32 Å². The molecule has 1 aliphatic heterocycles. The number of nitrogens with zero attached hydrogens (tertiary/aromatic N) is 2. The molecule has 9 heteroatoms. The number of amides is 2. The van der Waals surface area contributed by atoms with Crippen molar-refractivity contribution in [3.63, 3.8) is 0 Å². The number of likely N-dealkylation sites (N-methyl/N-ethyl adjacent to an activating group) is 1. The van der Waals surface area contributed by atoms with Crippen LogP contribution in [-0.2, 0) is 14.8 Å². The second-order valence-corrected chi connectivity index (χ2v) is 8.32. The molecule has 2 amide bonds. The molecular formula is C18H19N3O5S. The van der Waals surface area contributed by atoms with Gasteiger partial charge >= 0.3 is 0 Å². The molecule has 0 spiro atoms. The minimum atomic E-state index is -3.65. The summed E-state index contributed by atoms with van der Waals surface area (Å²) < 4.78 is 31.1. The van der Waals surface area contributed by atoms with Crippen LogP contribution in [0.25, 0.3) is 0 Å². The van der Waals surface area contributed by atoms with Crippen LogP contribution in [0.1, 0.15) is 10.4 Å². The van der Waals surface area contributed by atoms with Crippen LogP contribution in [0.2, 0.25) is 0 Å². The van der Waals surface area contributed by atoms with Gasteiger partial charge in [-0.3, -0.25) is 9.59 Å². The van der Waals surface area contributed by atoms with Crippen LogP contribution < -0.4 is 15.0 Å². The van der Waals surface area contributed by atoms with Gasteiger partial charge in [0.15, 0.2) is 12.4 Å². The molecule has 0 fully saturated rings. The first-order valence-corrected chi connectivity index (χ1v) is 9.52. The van der Waals surface area contributed by atoms with E-state index in [1.54, 1.807) is 25.2 Å². The predicted octanol–water partition coefficient (Wildman–Crippen LogP) is 1.54. The number of para-hydroxylation sites is 1. The van der Waals surface area contributed by atoms with E-state index in [-0.39, 0.29) is 23.0 Å². The van der Waals surface area contributed by atoms with Gasteiger partial charge in [0.25, 0.3) is 11.8 Å². The van der Waals surface area contributed by atoms with Gasteiger partial charge in [-0.2, -0.15) is 0 Å². The number of fused-ring (bicyclic) bond motifs is 1. The SMILES string of the molecule is CN1C(=O)COc2c(NC(=O)c3cccc(S(=O)(=O)N(C)C)c3)cccc21. The maximum Gasteiger partial charge on any atom is 0.264 e. The molecule has 0 aromatic heterocycles. The molecule has 27 heavy (non-hydrogen) atoms. The Morgan fingerprint density at radius 2 is 1.89 bits per heavy atom. The Balaban J connectivity index is 1.91. The molecule has 0 bridgehead atoms. The summed E-state index contributed by atoms with van der Waals surface area (Å²) in [5.41, 5.74) is 1.14. The normalized spacial score (nSPS) is 13.9. The summed E-state index contributed by atoms with van der Waals surface area (Å²) in [6.07, 6.45) is 0. The number of anilines is 2. The van der Waals surface area contributed by atoms with Gasteiger partial charge in [0.2, 0.25) is 10.0 Å². The van der Waals surface area contributed by atoms with E-state index in [4.69, 9.17) is 4.74 Å². The molecule has 0 saturated heterocycles. The number of hydrogen-bond acceptors (Lipinski definition) is 5. The highest BCUT2D eigenvalue weighted by atomic mass is 32.2. The van der Waals surface area contributed by atoms with Crippen molar-refractivity contribution in [1.29, 1.82) is 0 Å². The van der Waals surface area contributed by atoms with Crippen LogP contribution in [0.15, 0.2) is 47.4 Å². The van der Waals surface area contributed by atoms with Crippen molar-refractivity contribution in [3.05, 3.63) is 48.0 Å². The number of carbonyl (C=O) groups excluding carboxylic acids is 2. The standard InChI is InChI=1S/C18H19N3O5S/c1-20(2)27(24,25)13-7-4-6-12(10-13)18(23)19-14-8-5-9-15-17(14)26-11-16(22)21(15)3/h4-10H,11H2,1-3H3,(H,19,23). The van der Waals surface area contributed by atoms with Gasteiger partial charge in [-0.25, -0.2) is 12.7 Å². The van der Waals surface area contributed by atoms with Crippen molar-refractivity contribution in [2.75, 3.05) is 38.0 Å². The lowest BCUT2D eigenvalue weighted by atomic mass is 10.1. The number of carbonyl (C=O) groups is 2. The fourth-order valence-corrected chi connectivity index (χ4v) is 3.56. The molecule has 8 nitrogen and oxygen atoms in total. The summed E-state index contributed by atoms with van der Waals surface area (Å²) in [7, 11) is 0.829. The van der Waals surface area contributed by atoms with E-state index in [9.17, 15) is 18.0 Å². The van der Waals surface area contributed by atoms with Gasteiger partial charge in [-0.15, -0.1) is 0 Å². The summed E-state index contributed by atoms with van der Waals surface area (Å²) in [5.74, 6) is -0.278. The molecule has 142 valence electrons. The Labute approximate surface area is 157 Å². The van der Waals surface area contributed by atoms with Crippen molar-refractivity contribution < 1.29 is 22.7 Å². The van der Waals surface area contributed by atoms with Gasteiger partial charge in [0, 0.05) is 26.7 Å². The highest BCUT2D eigenvalue weighted by Gasteiger charge is 2.25. The van der Waals surface area contributed by atoms with Gasteiger partial charge in [0.05, 0.1) is 16.3 Å². The molecule has 3 rings (SSSR count). The largest absolute Gasteiger partial charge is 0.479 e. The van der Waals surface area contributed by atoms with Crippen molar-refractivity contribution in [1.82, 2.24) is 4.31 Å². The maximum absolute atomic E-state index is 12.6. The third-order valence-electron chi connectivity index (χ3n) is 4.19. The maximum atomic E-state index is 12.6. The Morgan fingerprint density at radius 1 is 1.19 bits per heavy atom. The van der Waals surface area contributed by atoms with E-state index in [1.807, 2.05) is 0 Å². The van der Waals surface area contributed by atoms with Crippen LogP contribution in [-0.4, -0.2) is 52.3 Å². The van der Waals surface area contributed by atoms with Crippen molar-refractivity contribution in [2.24, 2.45) is 0 Å². The predicted molar refractivity (Wildman–Crippen MR) is 101 cm³/mol. The highest BCUT2D eigenvalue weighted by Crippen LogP contribution is 2.38. The Kier molecular flexibility index (Phi) is 4.90. The van der Waals surface area contributed by atoms with Crippen LogP contribution in [0.5, 0.6) is 5.75 Å². The van der Waals surface area contributed by atoms with Gasteiger partial charge < -0.3 is 15.0 Å². The van der Waals surface area contributed by atoms with E-state index < -0.39 is 15.9 Å². The first-order chi connectivity index (χ1) is 12.7. The lowest BCUT2D eigenvalue weighted by Crippen LogP contribution is -2.35. The summed E-state index contributed by atoms with van der Waals surface area (Å²) in [5, 5.41) is 2.72. The first kappa shape index (κ1) is 18.9. The number of nitrogens with one attached hydrogen (secondary N) is 1. The Bertz CT molecular complexity index is 1020. The lowest BCUT2D eigenvalue weighted by molar-refractivity contribution is -0.120. The summed E-state index contributed by atoms with van der Waals surface area (Å²) in [6.45, 7) is -0.118. The van der Waals surface area contributed by atoms with E-state index in [0.717, 1.165) is 4.31 Å². The molecule has 1 N–H and O–H groups in total. The third kappa shape index (κ3) is 3.51. The second kappa shape index (κ2) is 7.01. The van der Waals surface area contributed by atoms with Crippen molar-refractivity contribution in [2.45, 2.75) is 4.90 Å². The minimum absolute atomic E-state index is 0.0248. The van der Waals surface area contributed by atoms with E-state index in [0.29, 0.717) is 17.1 Å². The fourth-order valence-electron chi connectivity index (χ4n) is 2.61. The van der Waals surface area contributed by atoms with Crippen LogP contribution in [0.3, 0.4) is 0 Å². The van der Waals surface area contributed by atoms with Gasteiger partial charge in [0.1, 0.15) is 0 Å². The van der Waals surface area contributed by atoms with Crippen molar-refractivity contribution in [3.8, 4) is 5.75 Å². The Morgan fingerprint density at radius 3 is 2.59 bits per heavy atom. The zero-order valence-electron chi connectivity index (χ0n) is 15.1. The second-order valence-electron chi connectivity index (χ2n) is 6.16. The highest BCUT2D eigenvalue weighted by molar-refractivity contribution is 7.89.